The second-order valence-electron chi connectivity index (χ2n) is 9.45. The second-order valence-corrected chi connectivity index (χ2v) is 12.2. The molecule has 0 atom stereocenters. The van der Waals surface area contributed by atoms with Crippen molar-refractivity contribution in [3.63, 3.8) is 0 Å². The number of rotatable bonds is 10. The van der Waals surface area contributed by atoms with Gasteiger partial charge in [0.1, 0.15) is 18.0 Å². The third kappa shape index (κ3) is 6.73. The molecule has 0 spiro atoms. The van der Waals surface area contributed by atoms with Crippen molar-refractivity contribution in [3.8, 4) is 17.2 Å². The van der Waals surface area contributed by atoms with E-state index in [1.807, 2.05) is 31.4 Å². The third-order valence-electron chi connectivity index (χ3n) is 6.52. The maximum atomic E-state index is 13.8. The van der Waals surface area contributed by atoms with Crippen LogP contribution in [0.25, 0.3) is 5.69 Å². The van der Waals surface area contributed by atoms with Crippen LogP contribution in [-0.4, -0.2) is 45.9 Å². The number of amides is 1. The molecule has 1 amide bonds. The number of hydrogen-bond acceptors (Lipinski definition) is 6. The van der Waals surface area contributed by atoms with E-state index in [4.69, 9.17) is 32.7 Å². The number of carbonyl (C=O) groups excluding carboxylic acids is 1. The van der Waals surface area contributed by atoms with Gasteiger partial charge in [-0.3, -0.25) is 9.10 Å². The highest BCUT2D eigenvalue weighted by atomic mass is 35.5. The van der Waals surface area contributed by atoms with Crippen molar-refractivity contribution in [2.45, 2.75) is 25.7 Å². The summed E-state index contributed by atoms with van der Waals surface area (Å²) in [5.41, 5.74) is 6.78. The molecule has 42 heavy (non-hydrogen) atoms. The highest BCUT2D eigenvalue weighted by molar-refractivity contribution is 7.92. The number of carbonyl (C=O) groups is 1. The number of benzene rings is 3. The van der Waals surface area contributed by atoms with Crippen LogP contribution in [0.4, 0.5) is 5.69 Å². The summed E-state index contributed by atoms with van der Waals surface area (Å²) in [6, 6.07) is 18.2. The van der Waals surface area contributed by atoms with Crippen molar-refractivity contribution in [3.05, 3.63) is 99.3 Å². The number of aromatic nitrogens is 1. The predicted molar refractivity (Wildman–Crippen MR) is 166 cm³/mol. The maximum absolute atomic E-state index is 13.8. The van der Waals surface area contributed by atoms with Gasteiger partial charge < -0.3 is 14.0 Å². The number of hydrogen-bond donors (Lipinski definition) is 1. The van der Waals surface area contributed by atoms with Crippen LogP contribution >= 0.6 is 23.2 Å². The first kappa shape index (κ1) is 31.0. The lowest BCUT2D eigenvalue weighted by Gasteiger charge is -2.25. The van der Waals surface area contributed by atoms with Gasteiger partial charge in [0.2, 0.25) is 0 Å². The van der Waals surface area contributed by atoms with E-state index in [1.54, 1.807) is 42.5 Å². The molecule has 0 unspecified atom stereocenters. The van der Waals surface area contributed by atoms with Gasteiger partial charge >= 0.3 is 0 Å². The fourth-order valence-corrected chi connectivity index (χ4v) is 6.40. The molecule has 1 N–H and O–H groups in total. The Balaban J connectivity index is 1.61. The Morgan fingerprint density at radius 1 is 0.952 bits per heavy atom. The van der Waals surface area contributed by atoms with E-state index in [0.717, 1.165) is 32.5 Å². The van der Waals surface area contributed by atoms with Crippen LogP contribution in [0.1, 0.15) is 22.5 Å². The summed E-state index contributed by atoms with van der Waals surface area (Å²) in [6.45, 7) is 5.12. The minimum absolute atomic E-state index is 0.0239. The van der Waals surface area contributed by atoms with E-state index in [1.165, 1.54) is 38.6 Å². The van der Waals surface area contributed by atoms with Crippen molar-refractivity contribution >= 4 is 51.0 Å². The largest absolute Gasteiger partial charge is 0.497 e. The standard InChI is InChI=1S/C30H30Cl2N4O5S/c1-19-6-9-27(10-7-19)42(38,39)35(28-11-8-26(40-4)16-29(28)41-5)18-30(37)34-33-17-22-12-20(2)36(21(22)3)25-14-23(31)13-24(32)15-25/h6-17H,18H2,1-5H3,(H,34,37)/b33-17-. The van der Waals surface area contributed by atoms with Crippen molar-refractivity contribution in [1.82, 2.24) is 9.99 Å². The first-order chi connectivity index (χ1) is 19.9. The Morgan fingerprint density at radius 2 is 1.62 bits per heavy atom. The normalized spacial score (nSPS) is 11.5. The monoisotopic (exact) mass is 628 g/mol. The Labute approximate surface area is 255 Å². The van der Waals surface area contributed by atoms with Gasteiger partial charge in [-0.25, -0.2) is 13.8 Å². The zero-order valence-electron chi connectivity index (χ0n) is 23.7. The van der Waals surface area contributed by atoms with Crippen LogP contribution in [0.15, 0.2) is 76.7 Å². The van der Waals surface area contributed by atoms with Crippen LogP contribution < -0.4 is 19.2 Å². The molecule has 12 heteroatoms. The summed E-state index contributed by atoms with van der Waals surface area (Å²) in [7, 11) is -1.27. The molecule has 220 valence electrons. The van der Waals surface area contributed by atoms with Gasteiger partial charge in [0, 0.05) is 38.8 Å². The quantitative estimate of drug-likeness (QED) is 0.170. The van der Waals surface area contributed by atoms with Gasteiger partial charge in [0.15, 0.2) is 0 Å². The Hall–Kier alpha value is -3.99. The van der Waals surface area contributed by atoms with Gasteiger partial charge in [-0.1, -0.05) is 40.9 Å². The topological polar surface area (TPSA) is 102 Å². The number of sulfonamides is 1. The molecule has 4 aromatic rings. The number of ether oxygens (including phenoxy) is 2. The zero-order chi connectivity index (χ0) is 30.6. The lowest BCUT2D eigenvalue weighted by molar-refractivity contribution is -0.119. The molecule has 1 heterocycles. The molecule has 0 fully saturated rings. The molecule has 1 aromatic heterocycles. The molecule has 9 nitrogen and oxygen atoms in total. The van der Waals surface area contributed by atoms with E-state index >= 15 is 0 Å². The van der Waals surface area contributed by atoms with E-state index in [2.05, 4.69) is 10.5 Å². The van der Waals surface area contributed by atoms with Gasteiger partial charge in [0.25, 0.3) is 15.9 Å². The molecule has 0 bridgehead atoms. The molecule has 0 saturated carbocycles. The maximum Gasteiger partial charge on any atom is 0.264 e. The summed E-state index contributed by atoms with van der Waals surface area (Å²) >= 11 is 12.4. The highest BCUT2D eigenvalue weighted by Gasteiger charge is 2.29. The van der Waals surface area contributed by atoms with E-state index in [-0.39, 0.29) is 16.3 Å². The fraction of sp³-hybridized carbons (Fsp3) is 0.200. The van der Waals surface area contributed by atoms with Crippen LogP contribution in [-0.2, 0) is 14.8 Å². The number of methoxy groups -OCH3 is 2. The van der Waals surface area contributed by atoms with Crippen molar-refractivity contribution in [2.75, 3.05) is 25.1 Å². The van der Waals surface area contributed by atoms with Gasteiger partial charge in [-0.15, -0.1) is 0 Å². The van der Waals surface area contributed by atoms with Crippen LogP contribution in [0.2, 0.25) is 10.0 Å². The summed E-state index contributed by atoms with van der Waals surface area (Å²) in [4.78, 5) is 13.1. The third-order valence-corrected chi connectivity index (χ3v) is 8.73. The first-order valence-electron chi connectivity index (χ1n) is 12.7. The van der Waals surface area contributed by atoms with Crippen molar-refractivity contribution in [1.29, 1.82) is 0 Å². The number of nitrogens with one attached hydrogen (secondary N) is 1. The predicted octanol–water partition coefficient (Wildman–Crippen LogP) is 6.07. The molecule has 4 rings (SSSR count). The van der Waals surface area contributed by atoms with Crippen LogP contribution in [0.5, 0.6) is 11.5 Å². The molecule has 3 aromatic carbocycles. The molecule has 0 aliphatic heterocycles. The lowest BCUT2D eigenvalue weighted by Crippen LogP contribution is -2.39. The molecule has 0 aliphatic rings. The number of nitrogens with zero attached hydrogens (tertiary/aromatic N) is 3. The summed E-state index contributed by atoms with van der Waals surface area (Å²) in [5, 5.41) is 5.12. The van der Waals surface area contributed by atoms with Gasteiger partial charge in [-0.05, 0) is 69.3 Å². The average Bonchev–Trinajstić information content (AvgIpc) is 3.23. The molecule has 0 saturated heterocycles. The smallest absolute Gasteiger partial charge is 0.264 e. The van der Waals surface area contributed by atoms with E-state index in [9.17, 15) is 13.2 Å². The van der Waals surface area contributed by atoms with Crippen molar-refractivity contribution < 1.29 is 22.7 Å². The Morgan fingerprint density at radius 3 is 2.24 bits per heavy atom. The van der Waals surface area contributed by atoms with Crippen LogP contribution in [0, 0.1) is 20.8 Å². The highest BCUT2D eigenvalue weighted by Crippen LogP contribution is 2.35. The molecular formula is C30H30Cl2N4O5S. The summed E-state index contributed by atoms with van der Waals surface area (Å²) in [6.07, 6.45) is 1.50. The van der Waals surface area contributed by atoms with E-state index < -0.39 is 22.5 Å². The van der Waals surface area contributed by atoms with Crippen LogP contribution in [0.3, 0.4) is 0 Å². The number of hydrazone groups is 1. The van der Waals surface area contributed by atoms with Crippen molar-refractivity contribution in [2.24, 2.45) is 5.10 Å². The Bertz CT molecular complexity index is 1730. The summed E-state index contributed by atoms with van der Waals surface area (Å²) < 4.78 is 41.2. The molecule has 0 aliphatic carbocycles. The number of aryl methyl sites for hydroxylation is 2. The fourth-order valence-electron chi connectivity index (χ4n) is 4.45. The minimum Gasteiger partial charge on any atom is -0.497 e. The SMILES string of the molecule is COc1ccc(N(CC(=O)N/N=C\c2cc(C)n(-c3cc(Cl)cc(Cl)c3)c2C)S(=O)(=O)c2ccc(C)cc2)c(OC)c1. The zero-order valence-corrected chi connectivity index (χ0v) is 26.0. The Kier molecular flexibility index (Phi) is 9.50. The lowest BCUT2D eigenvalue weighted by atomic mass is 10.2. The van der Waals surface area contributed by atoms with Gasteiger partial charge in [-0.2, -0.15) is 5.10 Å². The number of halogens is 2. The van der Waals surface area contributed by atoms with Gasteiger partial charge in [0.05, 0.1) is 31.0 Å². The second kappa shape index (κ2) is 12.9. The number of anilines is 1. The first-order valence-corrected chi connectivity index (χ1v) is 14.9. The minimum atomic E-state index is -4.17. The van der Waals surface area contributed by atoms with E-state index in [0.29, 0.717) is 15.8 Å². The summed E-state index contributed by atoms with van der Waals surface area (Å²) in [5.74, 6) is 0.0279. The molecular weight excluding hydrogens is 599 g/mol. The average molecular weight is 630 g/mol. The molecule has 0 radical (unpaired) electrons.